The predicted octanol–water partition coefficient (Wildman–Crippen LogP) is 3.69. The number of ether oxygens (including phenoxy) is 1. The monoisotopic (exact) mass is 369 g/mol. The first-order valence-corrected chi connectivity index (χ1v) is 9.93. The molecule has 1 aliphatic rings. The number of amides is 2. The van der Waals surface area contributed by atoms with E-state index in [1.807, 2.05) is 11.0 Å². The van der Waals surface area contributed by atoms with Gasteiger partial charge in [-0.3, -0.25) is 4.90 Å². The summed E-state index contributed by atoms with van der Waals surface area (Å²) in [5.74, 6) is 1.35. The molecule has 1 atom stereocenters. The van der Waals surface area contributed by atoms with Crippen LogP contribution in [0, 0.1) is 0 Å². The Morgan fingerprint density at radius 1 is 1.11 bits per heavy atom. The average molecular weight is 370 g/mol. The summed E-state index contributed by atoms with van der Waals surface area (Å²) in [4.78, 5) is 16.5. The molecule has 5 nitrogen and oxygen atoms in total. The Labute approximate surface area is 162 Å². The first kappa shape index (κ1) is 19.5. The molecule has 0 aliphatic carbocycles. The number of nitrogens with zero attached hydrogens (tertiary/aromatic N) is 2. The fourth-order valence-corrected chi connectivity index (χ4v) is 3.65. The third kappa shape index (κ3) is 4.92. The van der Waals surface area contributed by atoms with Crippen molar-refractivity contribution >= 4 is 16.8 Å². The number of nitrogens with one attached hydrogen (secondary N) is 1. The lowest BCUT2D eigenvalue weighted by atomic mass is 9.97. The molecule has 2 aromatic carbocycles. The van der Waals surface area contributed by atoms with Gasteiger partial charge in [0, 0.05) is 39.3 Å². The summed E-state index contributed by atoms with van der Waals surface area (Å²) in [6.45, 7) is 9.62. The topological polar surface area (TPSA) is 44.8 Å². The Morgan fingerprint density at radius 3 is 2.52 bits per heavy atom. The van der Waals surface area contributed by atoms with Crippen molar-refractivity contribution in [3.05, 3.63) is 42.0 Å². The second-order valence-electron chi connectivity index (χ2n) is 7.39. The first-order valence-electron chi connectivity index (χ1n) is 9.93. The number of benzene rings is 2. The van der Waals surface area contributed by atoms with Gasteiger partial charge in [-0.15, -0.1) is 0 Å². The molecular formula is C22H31N3O2. The zero-order valence-electron chi connectivity index (χ0n) is 16.7. The highest BCUT2D eigenvalue weighted by Crippen LogP contribution is 2.25. The number of hydrogen-bond donors (Lipinski definition) is 1. The molecule has 1 aliphatic heterocycles. The Balaban J connectivity index is 1.55. The van der Waals surface area contributed by atoms with E-state index in [0.29, 0.717) is 5.92 Å². The molecule has 1 heterocycles. The molecule has 0 bridgehead atoms. The summed E-state index contributed by atoms with van der Waals surface area (Å²) in [6.07, 6.45) is 0.974. The van der Waals surface area contributed by atoms with Crippen LogP contribution in [0.25, 0.3) is 10.8 Å². The Hall–Kier alpha value is -2.27. The zero-order chi connectivity index (χ0) is 19.2. The van der Waals surface area contributed by atoms with Crippen molar-refractivity contribution in [1.82, 2.24) is 15.1 Å². The molecule has 1 fully saturated rings. The van der Waals surface area contributed by atoms with Crippen LogP contribution >= 0.6 is 0 Å². The van der Waals surface area contributed by atoms with E-state index in [2.05, 4.69) is 54.4 Å². The van der Waals surface area contributed by atoms with Crippen LogP contribution < -0.4 is 10.1 Å². The first-order chi connectivity index (χ1) is 13.1. The Morgan fingerprint density at radius 2 is 1.81 bits per heavy atom. The molecule has 3 rings (SSSR count). The van der Waals surface area contributed by atoms with Crippen molar-refractivity contribution in [2.24, 2.45) is 0 Å². The number of hydrogen-bond acceptors (Lipinski definition) is 3. The summed E-state index contributed by atoms with van der Waals surface area (Å²) in [5.41, 5.74) is 1.36. The largest absolute Gasteiger partial charge is 0.497 e. The molecule has 146 valence electrons. The van der Waals surface area contributed by atoms with Crippen LogP contribution in [-0.2, 0) is 0 Å². The van der Waals surface area contributed by atoms with Gasteiger partial charge in [0.1, 0.15) is 5.75 Å². The van der Waals surface area contributed by atoms with Gasteiger partial charge in [-0.1, -0.05) is 38.1 Å². The molecule has 27 heavy (non-hydrogen) atoms. The summed E-state index contributed by atoms with van der Waals surface area (Å²) >= 11 is 0. The van der Waals surface area contributed by atoms with Crippen molar-refractivity contribution in [2.75, 3.05) is 46.4 Å². The third-order valence-corrected chi connectivity index (χ3v) is 5.36. The van der Waals surface area contributed by atoms with E-state index >= 15 is 0 Å². The minimum atomic E-state index is 0.0782. The minimum absolute atomic E-state index is 0.0782. The molecule has 2 aromatic rings. The Bertz CT molecular complexity index is 769. The highest BCUT2D eigenvalue weighted by atomic mass is 16.5. The summed E-state index contributed by atoms with van der Waals surface area (Å²) in [6, 6.07) is 13.0. The Kier molecular flexibility index (Phi) is 6.56. The van der Waals surface area contributed by atoms with E-state index in [9.17, 15) is 4.79 Å². The quantitative estimate of drug-likeness (QED) is 0.845. The highest BCUT2D eigenvalue weighted by Gasteiger charge is 2.22. The molecule has 1 saturated heterocycles. The van der Waals surface area contributed by atoms with Crippen molar-refractivity contribution < 1.29 is 9.53 Å². The third-order valence-electron chi connectivity index (χ3n) is 5.36. The molecule has 0 radical (unpaired) electrons. The van der Waals surface area contributed by atoms with Gasteiger partial charge in [-0.2, -0.15) is 0 Å². The summed E-state index contributed by atoms with van der Waals surface area (Å²) in [5, 5.41) is 5.42. The lowest BCUT2D eigenvalue weighted by Gasteiger charge is -2.36. The van der Waals surface area contributed by atoms with Crippen molar-refractivity contribution in [3.63, 3.8) is 0 Å². The van der Waals surface area contributed by atoms with Crippen molar-refractivity contribution in [1.29, 1.82) is 0 Å². The maximum Gasteiger partial charge on any atom is 0.317 e. The van der Waals surface area contributed by atoms with E-state index in [4.69, 9.17) is 4.74 Å². The number of methoxy groups -OCH3 is 1. The zero-order valence-corrected chi connectivity index (χ0v) is 16.7. The molecule has 0 aromatic heterocycles. The van der Waals surface area contributed by atoms with Crippen molar-refractivity contribution in [2.45, 2.75) is 26.2 Å². The van der Waals surface area contributed by atoms with Gasteiger partial charge in [0.05, 0.1) is 7.11 Å². The van der Waals surface area contributed by atoms with Gasteiger partial charge >= 0.3 is 6.03 Å². The molecule has 2 amide bonds. The van der Waals surface area contributed by atoms with Gasteiger partial charge in [-0.05, 0) is 40.8 Å². The number of piperazine rings is 1. The van der Waals surface area contributed by atoms with Crippen LogP contribution in [0.15, 0.2) is 36.4 Å². The van der Waals surface area contributed by atoms with E-state index in [1.54, 1.807) is 7.11 Å². The van der Waals surface area contributed by atoms with Crippen molar-refractivity contribution in [3.8, 4) is 5.75 Å². The van der Waals surface area contributed by atoms with Crippen LogP contribution in [0.2, 0.25) is 0 Å². The predicted molar refractivity (Wildman–Crippen MR) is 111 cm³/mol. The van der Waals surface area contributed by atoms with Crippen LogP contribution in [0.4, 0.5) is 4.79 Å². The second-order valence-corrected chi connectivity index (χ2v) is 7.39. The van der Waals surface area contributed by atoms with Crippen LogP contribution in [0.1, 0.15) is 31.7 Å². The molecule has 1 N–H and O–H groups in total. The van der Waals surface area contributed by atoms with Crippen LogP contribution in [-0.4, -0.2) is 62.2 Å². The second kappa shape index (κ2) is 9.09. The molecular weight excluding hydrogens is 338 g/mol. The fourth-order valence-electron chi connectivity index (χ4n) is 3.65. The number of carbonyl (C=O) groups is 1. The summed E-state index contributed by atoms with van der Waals surface area (Å²) in [7, 11) is 1.70. The van der Waals surface area contributed by atoms with E-state index < -0.39 is 0 Å². The van der Waals surface area contributed by atoms with Gasteiger partial charge in [-0.25, -0.2) is 4.79 Å². The van der Waals surface area contributed by atoms with Crippen LogP contribution in [0.5, 0.6) is 5.75 Å². The SMILES string of the molecule is CCCNC(=O)N1CCN(CC(C)c2ccc3cc(OC)ccc3c2)CC1. The van der Waals surface area contributed by atoms with Gasteiger partial charge in [0.2, 0.25) is 0 Å². The molecule has 0 saturated carbocycles. The normalized spacial score (nSPS) is 16.3. The molecule has 1 unspecified atom stereocenters. The molecule has 0 spiro atoms. The maximum atomic E-state index is 12.1. The van der Waals surface area contributed by atoms with E-state index in [0.717, 1.165) is 51.4 Å². The standard InChI is InChI=1S/C22H31N3O2/c1-4-9-23-22(26)25-12-10-24(11-13-25)16-17(2)18-5-6-20-15-21(27-3)8-7-19(20)14-18/h5-8,14-15,17H,4,9-13,16H2,1-3H3,(H,23,26). The minimum Gasteiger partial charge on any atom is -0.497 e. The maximum absolute atomic E-state index is 12.1. The van der Waals surface area contributed by atoms with Gasteiger partial charge in [0.15, 0.2) is 0 Å². The van der Waals surface area contributed by atoms with E-state index in [1.165, 1.54) is 16.3 Å². The summed E-state index contributed by atoms with van der Waals surface area (Å²) < 4.78 is 5.31. The van der Waals surface area contributed by atoms with E-state index in [-0.39, 0.29) is 6.03 Å². The fraction of sp³-hybridized carbons (Fsp3) is 0.500. The lowest BCUT2D eigenvalue weighted by molar-refractivity contribution is 0.136. The number of urea groups is 1. The molecule has 5 heteroatoms. The highest BCUT2D eigenvalue weighted by molar-refractivity contribution is 5.84. The average Bonchev–Trinajstić information content (AvgIpc) is 2.71. The smallest absolute Gasteiger partial charge is 0.317 e. The lowest BCUT2D eigenvalue weighted by Crippen LogP contribution is -2.52. The van der Waals surface area contributed by atoms with Gasteiger partial charge < -0.3 is 15.0 Å². The van der Waals surface area contributed by atoms with Crippen LogP contribution in [0.3, 0.4) is 0 Å². The number of carbonyl (C=O) groups excluding carboxylic acids is 1. The van der Waals surface area contributed by atoms with Gasteiger partial charge in [0.25, 0.3) is 0 Å². The number of rotatable bonds is 6. The number of fused-ring (bicyclic) bond motifs is 1.